The lowest BCUT2D eigenvalue weighted by Crippen LogP contribution is -2.45. The lowest BCUT2D eigenvalue weighted by atomic mass is 9.96. The monoisotopic (exact) mass is 378 g/mol. The minimum absolute atomic E-state index is 0.0499. The van der Waals surface area contributed by atoms with E-state index in [9.17, 15) is 18.4 Å². The van der Waals surface area contributed by atoms with Crippen LogP contribution in [-0.2, 0) is 4.79 Å². The van der Waals surface area contributed by atoms with E-state index in [-0.39, 0.29) is 17.7 Å². The lowest BCUT2D eigenvalue weighted by Gasteiger charge is -2.32. The van der Waals surface area contributed by atoms with Crippen LogP contribution in [0.25, 0.3) is 0 Å². The van der Waals surface area contributed by atoms with Gasteiger partial charge < -0.3 is 10.2 Å². The third-order valence-electron chi connectivity index (χ3n) is 4.61. The topological polar surface area (TPSA) is 49.4 Å². The van der Waals surface area contributed by atoms with E-state index in [2.05, 4.69) is 5.32 Å². The first kappa shape index (κ1) is 18.5. The zero-order valence-electron chi connectivity index (χ0n) is 14.4. The minimum Gasteiger partial charge on any atom is -0.349 e. The maximum atomic E-state index is 13.4. The predicted molar refractivity (Wildman–Crippen MR) is 95.9 cm³/mol. The molecule has 0 saturated carbocycles. The second kappa shape index (κ2) is 7.95. The van der Waals surface area contributed by atoms with Crippen molar-refractivity contribution in [3.63, 3.8) is 0 Å². The van der Waals surface area contributed by atoms with E-state index in [1.807, 2.05) is 11.4 Å². The van der Waals surface area contributed by atoms with E-state index in [1.165, 1.54) is 17.4 Å². The molecule has 0 bridgehead atoms. The first-order chi connectivity index (χ1) is 12.5. The summed E-state index contributed by atoms with van der Waals surface area (Å²) in [5, 5.41) is 4.70. The Bertz CT molecular complexity index is 795. The molecule has 1 aliphatic heterocycles. The second-order valence-electron chi connectivity index (χ2n) is 6.47. The fourth-order valence-electron chi connectivity index (χ4n) is 3.13. The van der Waals surface area contributed by atoms with Crippen LogP contribution < -0.4 is 5.32 Å². The molecular weight excluding hydrogens is 358 g/mol. The molecule has 1 aliphatic rings. The van der Waals surface area contributed by atoms with Gasteiger partial charge >= 0.3 is 0 Å². The van der Waals surface area contributed by atoms with Crippen molar-refractivity contribution >= 4 is 23.2 Å². The molecule has 1 N–H and O–H groups in total. The van der Waals surface area contributed by atoms with Gasteiger partial charge in [0.25, 0.3) is 5.91 Å². The molecule has 0 unspecified atom stereocenters. The first-order valence-corrected chi connectivity index (χ1v) is 9.42. The Morgan fingerprint density at radius 3 is 2.77 bits per heavy atom. The third kappa shape index (κ3) is 4.09. The number of likely N-dealkylation sites (tertiary alicyclic amines) is 1. The fourth-order valence-corrected chi connectivity index (χ4v) is 3.82. The average Bonchev–Trinajstić information content (AvgIpc) is 3.18. The number of thiophene rings is 1. The largest absolute Gasteiger partial charge is 0.349 e. The number of carbonyl (C=O) groups is 2. The number of piperidine rings is 1. The molecule has 0 radical (unpaired) electrons. The quantitative estimate of drug-likeness (QED) is 0.881. The predicted octanol–water partition coefficient (Wildman–Crippen LogP) is 3.76. The molecule has 1 fully saturated rings. The zero-order chi connectivity index (χ0) is 18.7. The molecule has 26 heavy (non-hydrogen) atoms. The van der Waals surface area contributed by atoms with Crippen LogP contribution in [0.1, 0.15) is 41.0 Å². The Balaban J connectivity index is 1.62. The van der Waals surface area contributed by atoms with Gasteiger partial charge in [-0.2, -0.15) is 0 Å². The van der Waals surface area contributed by atoms with Crippen LogP contribution in [0.15, 0.2) is 35.7 Å². The Morgan fingerprint density at radius 1 is 1.27 bits per heavy atom. The highest BCUT2D eigenvalue weighted by molar-refractivity contribution is 7.12. The standard InChI is InChI=1S/C19H20F2N2O2S/c1-12(13-6-7-15(20)16(21)10-13)22-18(24)14-4-2-8-23(11-14)19(25)17-5-3-9-26-17/h3,5-7,9-10,12,14H,2,4,8,11H2,1H3,(H,22,24)/t12-,14-/m0/s1. The highest BCUT2D eigenvalue weighted by Crippen LogP contribution is 2.22. The van der Waals surface area contributed by atoms with Gasteiger partial charge in [-0.25, -0.2) is 8.78 Å². The van der Waals surface area contributed by atoms with E-state index in [0.717, 1.165) is 18.6 Å². The summed E-state index contributed by atoms with van der Waals surface area (Å²) in [6, 6.07) is 6.76. The van der Waals surface area contributed by atoms with Gasteiger partial charge in [-0.05, 0) is 48.9 Å². The van der Waals surface area contributed by atoms with Crippen molar-refractivity contribution in [2.45, 2.75) is 25.8 Å². The summed E-state index contributed by atoms with van der Waals surface area (Å²) >= 11 is 1.39. The molecule has 138 valence electrons. The number of nitrogens with zero attached hydrogens (tertiary/aromatic N) is 1. The molecule has 1 aromatic carbocycles. The Labute approximate surface area is 154 Å². The maximum Gasteiger partial charge on any atom is 0.263 e. The van der Waals surface area contributed by atoms with Crippen LogP contribution >= 0.6 is 11.3 Å². The Kier molecular flexibility index (Phi) is 5.66. The second-order valence-corrected chi connectivity index (χ2v) is 7.42. The van der Waals surface area contributed by atoms with Gasteiger partial charge in [-0.15, -0.1) is 11.3 Å². The molecular formula is C19H20F2N2O2S. The maximum absolute atomic E-state index is 13.4. The number of nitrogens with one attached hydrogen (secondary N) is 1. The van der Waals surface area contributed by atoms with E-state index in [1.54, 1.807) is 17.9 Å². The molecule has 0 spiro atoms. The van der Waals surface area contributed by atoms with Crippen LogP contribution in [0.2, 0.25) is 0 Å². The van der Waals surface area contributed by atoms with Gasteiger partial charge in [0.1, 0.15) is 0 Å². The summed E-state index contributed by atoms with van der Waals surface area (Å²) in [5.74, 6) is -2.38. The van der Waals surface area contributed by atoms with Crippen molar-refractivity contribution in [2.24, 2.45) is 5.92 Å². The molecule has 2 atom stereocenters. The molecule has 2 aromatic rings. The lowest BCUT2D eigenvalue weighted by molar-refractivity contribution is -0.127. The van der Waals surface area contributed by atoms with Crippen LogP contribution in [0.4, 0.5) is 8.78 Å². The van der Waals surface area contributed by atoms with Crippen molar-refractivity contribution in [1.29, 1.82) is 0 Å². The van der Waals surface area contributed by atoms with E-state index >= 15 is 0 Å². The van der Waals surface area contributed by atoms with Crippen LogP contribution in [0.5, 0.6) is 0 Å². The van der Waals surface area contributed by atoms with Gasteiger partial charge in [0, 0.05) is 13.1 Å². The summed E-state index contributed by atoms with van der Waals surface area (Å²) in [7, 11) is 0. The SMILES string of the molecule is C[C@H](NC(=O)[C@H]1CCCN(C(=O)c2cccs2)C1)c1ccc(F)c(F)c1. The smallest absolute Gasteiger partial charge is 0.263 e. The van der Waals surface area contributed by atoms with Crippen molar-refractivity contribution in [3.8, 4) is 0 Å². The highest BCUT2D eigenvalue weighted by atomic mass is 32.1. The number of amides is 2. The van der Waals surface area contributed by atoms with Gasteiger partial charge in [-0.1, -0.05) is 12.1 Å². The molecule has 1 aromatic heterocycles. The van der Waals surface area contributed by atoms with E-state index in [4.69, 9.17) is 0 Å². The number of benzene rings is 1. The fraction of sp³-hybridized carbons (Fsp3) is 0.368. The molecule has 1 saturated heterocycles. The van der Waals surface area contributed by atoms with E-state index < -0.39 is 17.7 Å². The molecule has 4 nitrogen and oxygen atoms in total. The zero-order valence-corrected chi connectivity index (χ0v) is 15.2. The molecule has 2 amide bonds. The van der Waals surface area contributed by atoms with Gasteiger partial charge in [0.2, 0.25) is 5.91 Å². The Morgan fingerprint density at radius 2 is 2.08 bits per heavy atom. The highest BCUT2D eigenvalue weighted by Gasteiger charge is 2.30. The molecule has 2 heterocycles. The van der Waals surface area contributed by atoms with Crippen LogP contribution in [-0.4, -0.2) is 29.8 Å². The number of hydrogen-bond donors (Lipinski definition) is 1. The minimum atomic E-state index is -0.936. The number of rotatable bonds is 4. The summed E-state index contributed by atoms with van der Waals surface area (Å²) in [6.07, 6.45) is 1.46. The first-order valence-electron chi connectivity index (χ1n) is 8.54. The number of hydrogen-bond acceptors (Lipinski definition) is 3. The van der Waals surface area contributed by atoms with Crippen molar-refractivity contribution in [3.05, 3.63) is 57.8 Å². The molecule has 7 heteroatoms. The number of carbonyl (C=O) groups excluding carboxylic acids is 2. The summed E-state index contributed by atoms with van der Waals surface area (Å²) in [5.41, 5.74) is 0.500. The number of halogens is 2. The molecule has 3 rings (SSSR count). The van der Waals surface area contributed by atoms with Crippen molar-refractivity contribution < 1.29 is 18.4 Å². The third-order valence-corrected chi connectivity index (χ3v) is 5.47. The molecule has 0 aliphatic carbocycles. The van der Waals surface area contributed by atoms with Crippen molar-refractivity contribution in [1.82, 2.24) is 10.2 Å². The van der Waals surface area contributed by atoms with Gasteiger partial charge in [-0.3, -0.25) is 9.59 Å². The summed E-state index contributed by atoms with van der Waals surface area (Å²) in [4.78, 5) is 27.4. The Hall–Kier alpha value is -2.28. The van der Waals surface area contributed by atoms with Gasteiger partial charge in [0.15, 0.2) is 11.6 Å². The normalized spacial score (nSPS) is 18.4. The van der Waals surface area contributed by atoms with Crippen LogP contribution in [0.3, 0.4) is 0 Å². The average molecular weight is 378 g/mol. The van der Waals surface area contributed by atoms with Crippen LogP contribution in [0, 0.1) is 17.6 Å². The summed E-state index contributed by atoms with van der Waals surface area (Å²) in [6.45, 7) is 2.73. The van der Waals surface area contributed by atoms with Crippen molar-refractivity contribution in [2.75, 3.05) is 13.1 Å². The van der Waals surface area contributed by atoms with Gasteiger partial charge in [0.05, 0.1) is 16.8 Å². The summed E-state index contributed by atoms with van der Waals surface area (Å²) < 4.78 is 26.4. The van der Waals surface area contributed by atoms with E-state index in [0.29, 0.717) is 30.0 Å².